The molecule has 0 amide bonds. The van der Waals surface area contributed by atoms with Crippen LogP contribution in [0.1, 0.15) is 5.56 Å². The SMILES string of the molecule is Cc1cc(Br)ccc1Nc1nc[nH]c(=O)c1Br. The normalized spacial score (nSPS) is 10.3. The van der Waals surface area contributed by atoms with Gasteiger partial charge >= 0.3 is 0 Å². The Morgan fingerprint density at radius 2 is 2.12 bits per heavy atom. The van der Waals surface area contributed by atoms with Gasteiger partial charge in [0.05, 0.1) is 6.33 Å². The fourth-order valence-corrected chi connectivity index (χ4v) is 2.16. The van der Waals surface area contributed by atoms with Crippen LogP contribution in [0.25, 0.3) is 0 Å². The van der Waals surface area contributed by atoms with Gasteiger partial charge in [-0.05, 0) is 46.6 Å². The number of aromatic amines is 1. The van der Waals surface area contributed by atoms with Crippen molar-refractivity contribution in [2.75, 3.05) is 5.32 Å². The van der Waals surface area contributed by atoms with Crippen LogP contribution in [0.4, 0.5) is 11.5 Å². The van der Waals surface area contributed by atoms with E-state index in [1.807, 2.05) is 25.1 Å². The number of halogens is 2. The molecular formula is C11H9Br2N3O. The Labute approximate surface area is 115 Å². The molecule has 1 heterocycles. The summed E-state index contributed by atoms with van der Waals surface area (Å²) >= 11 is 6.60. The molecule has 0 bridgehead atoms. The van der Waals surface area contributed by atoms with Gasteiger partial charge < -0.3 is 10.3 Å². The van der Waals surface area contributed by atoms with Crippen molar-refractivity contribution in [2.45, 2.75) is 6.92 Å². The third-order valence-corrected chi connectivity index (χ3v) is 3.47. The number of aromatic nitrogens is 2. The molecule has 2 rings (SSSR count). The van der Waals surface area contributed by atoms with Crippen LogP contribution >= 0.6 is 31.9 Å². The maximum absolute atomic E-state index is 11.4. The maximum atomic E-state index is 11.4. The third-order valence-electron chi connectivity index (χ3n) is 2.24. The van der Waals surface area contributed by atoms with Crippen molar-refractivity contribution < 1.29 is 0 Å². The van der Waals surface area contributed by atoms with Gasteiger partial charge in [0, 0.05) is 10.2 Å². The van der Waals surface area contributed by atoms with E-state index < -0.39 is 0 Å². The van der Waals surface area contributed by atoms with Crippen LogP contribution in [0.5, 0.6) is 0 Å². The molecule has 88 valence electrons. The zero-order valence-electron chi connectivity index (χ0n) is 8.92. The average Bonchev–Trinajstić information content (AvgIpc) is 2.28. The summed E-state index contributed by atoms with van der Waals surface area (Å²) in [5, 5.41) is 3.11. The highest BCUT2D eigenvalue weighted by Crippen LogP contribution is 2.24. The lowest BCUT2D eigenvalue weighted by Gasteiger charge is -2.09. The summed E-state index contributed by atoms with van der Waals surface area (Å²) in [6.45, 7) is 1.98. The molecule has 2 aromatic rings. The van der Waals surface area contributed by atoms with Crippen LogP contribution in [0, 0.1) is 6.92 Å². The van der Waals surface area contributed by atoms with Crippen molar-refractivity contribution in [3.8, 4) is 0 Å². The van der Waals surface area contributed by atoms with E-state index in [1.165, 1.54) is 6.33 Å². The van der Waals surface area contributed by atoms with Gasteiger partial charge in [-0.15, -0.1) is 0 Å². The Balaban J connectivity index is 2.38. The number of hydrogen-bond donors (Lipinski definition) is 2. The molecule has 17 heavy (non-hydrogen) atoms. The van der Waals surface area contributed by atoms with Gasteiger partial charge in [-0.3, -0.25) is 4.79 Å². The summed E-state index contributed by atoms with van der Waals surface area (Å²) < 4.78 is 1.40. The second-order valence-corrected chi connectivity index (χ2v) is 5.19. The van der Waals surface area contributed by atoms with E-state index >= 15 is 0 Å². The van der Waals surface area contributed by atoms with Gasteiger partial charge in [-0.2, -0.15) is 0 Å². The molecule has 4 nitrogen and oxygen atoms in total. The standard InChI is InChI=1S/C11H9Br2N3O/c1-6-4-7(12)2-3-8(6)16-10-9(13)11(17)15-5-14-10/h2-5H,1H3,(H2,14,15,16,17). The number of hydrogen-bond acceptors (Lipinski definition) is 3. The van der Waals surface area contributed by atoms with Gasteiger partial charge in [0.1, 0.15) is 4.47 Å². The Morgan fingerprint density at radius 1 is 1.35 bits per heavy atom. The average molecular weight is 359 g/mol. The molecule has 0 saturated carbocycles. The van der Waals surface area contributed by atoms with E-state index in [9.17, 15) is 4.79 Å². The molecule has 0 radical (unpaired) electrons. The van der Waals surface area contributed by atoms with E-state index in [-0.39, 0.29) is 5.56 Å². The van der Waals surface area contributed by atoms with Crippen molar-refractivity contribution >= 4 is 43.4 Å². The van der Waals surface area contributed by atoms with Crippen molar-refractivity contribution in [3.05, 3.63) is 49.4 Å². The first-order valence-electron chi connectivity index (χ1n) is 4.84. The number of aryl methyl sites for hydroxylation is 1. The van der Waals surface area contributed by atoms with Gasteiger partial charge in [-0.1, -0.05) is 15.9 Å². The minimum Gasteiger partial charge on any atom is -0.339 e. The minimum atomic E-state index is -0.211. The molecule has 0 aliphatic heterocycles. The summed E-state index contributed by atoms with van der Waals surface area (Å²) in [6.07, 6.45) is 1.36. The first kappa shape index (κ1) is 12.3. The first-order chi connectivity index (χ1) is 8.08. The second kappa shape index (κ2) is 5.01. The topological polar surface area (TPSA) is 57.8 Å². The fourth-order valence-electron chi connectivity index (χ4n) is 1.37. The number of nitrogens with one attached hydrogen (secondary N) is 2. The molecule has 1 aromatic heterocycles. The zero-order chi connectivity index (χ0) is 12.4. The molecule has 0 unspecified atom stereocenters. The van der Waals surface area contributed by atoms with Crippen LogP contribution in [-0.2, 0) is 0 Å². The number of nitrogens with zero attached hydrogens (tertiary/aromatic N) is 1. The monoisotopic (exact) mass is 357 g/mol. The van der Waals surface area contributed by atoms with Gasteiger partial charge in [0.25, 0.3) is 5.56 Å². The van der Waals surface area contributed by atoms with Crippen molar-refractivity contribution in [3.63, 3.8) is 0 Å². The van der Waals surface area contributed by atoms with Crippen molar-refractivity contribution in [2.24, 2.45) is 0 Å². The summed E-state index contributed by atoms with van der Waals surface area (Å²) in [6, 6.07) is 5.84. The number of H-pyrrole nitrogens is 1. The molecule has 0 aliphatic carbocycles. The first-order valence-corrected chi connectivity index (χ1v) is 6.43. The van der Waals surface area contributed by atoms with E-state index in [2.05, 4.69) is 47.1 Å². The van der Waals surface area contributed by atoms with Gasteiger partial charge in [0.15, 0.2) is 5.82 Å². The number of anilines is 2. The number of benzene rings is 1. The largest absolute Gasteiger partial charge is 0.339 e. The predicted octanol–water partition coefficient (Wildman–Crippen LogP) is 3.35. The predicted molar refractivity (Wildman–Crippen MR) is 74.7 cm³/mol. The van der Waals surface area contributed by atoms with E-state index in [0.29, 0.717) is 10.3 Å². The lowest BCUT2D eigenvalue weighted by Crippen LogP contribution is -2.10. The molecule has 6 heteroatoms. The van der Waals surface area contributed by atoms with Gasteiger partial charge in [-0.25, -0.2) is 4.98 Å². The zero-order valence-corrected chi connectivity index (χ0v) is 12.1. The Hall–Kier alpha value is -1.14. The fraction of sp³-hybridized carbons (Fsp3) is 0.0909. The van der Waals surface area contributed by atoms with Crippen molar-refractivity contribution in [1.29, 1.82) is 0 Å². The molecule has 0 saturated heterocycles. The van der Waals surface area contributed by atoms with Crippen LogP contribution in [0.2, 0.25) is 0 Å². The third kappa shape index (κ3) is 2.76. The highest BCUT2D eigenvalue weighted by atomic mass is 79.9. The number of rotatable bonds is 2. The lowest BCUT2D eigenvalue weighted by molar-refractivity contribution is 1.10. The highest BCUT2D eigenvalue weighted by Gasteiger charge is 2.06. The Morgan fingerprint density at radius 3 is 2.82 bits per heavy atom. The molecule has 0 atom stereocenters. The minimum absolute atomic E-state index is 0.211. The van der Waals surface area contributed by atoms with Crippen LogP contribution in [-0.4, -0.2) is 9.97 Å². The van der Waals surface area contributed by atoms with Crippen LogP contribution in [0.3, 0.4) is 0 Å². The van der Waals surface area contributed by atoms with E-state index in [0.717, 1.165) is 15.7 Å². The lowest BCUT2D eigenvalue weighted by atomic mass is 10.2. The smallest absolute Gasteiger partial charge is 0.267 e. The quantitative estimate of drug-likeness (QED) is 0.865. The second-order valence-electron chi connectivity index (χ2n) is 3.48. The van der Waals surface area contributed by atoms with E-state index in [1.54, 1.807) is 0 Å². The van der Waals surface area contributed by atoms with Crippen LogP contribution in [0.15, 0.2) is 38.3 Å². The van der Waals surface area contributed by atoms with E-state index in [4.69, 9.17) is 0 Å². The van der Waals surface area contributed by atoms with Gasteiger partial charge in [0.2, 0.25) is 0 Å². The summed E-state index contributed by atoms with van der Waals surface area (Å²) in [4.78, 5) is 17.9. The highest BCUT2D eigenvalue weighted by molar-refractivity contribution is 9.10. The summed E-state index contributed by atoms with van der Waals surface area (Å²) in [5.74, 6) is 0.499. The molecule has 0 fully saturated rings. The molecular weight excluding hydrogens is 350 g/mol. The molecule has 2 N–H and O–H groups in total. The molecule has 1 aromatic carbocycles. The molecule has 0 spiro atoms. The maximum Gasteiger partial charge on any atom is 0.267 e. The summed E-state index contributed by atoms with van der Waals surface area (Å²) in [7, 11) is 0. The van der Waals surface area contributed by atoms with Crippen molar-refractivity contribution in [1.82, 2.24) is 9.97 Å². The van der Waals surface area contributed by atoms with Crippen LogP contribution < -0.4 is 10.9 Å². The Kier molecular flexibility index (Phi) is 3.63. The molecule has 0 aliphatic rings. The Bertz CT molecular complexity index is 610. The summed E-state index contributed by atoms with van der Waals surface area (Å²) in [5.41, 5.74) is 1.76.